The molecule has 1 rings (SSSR count). The van der Waals surface area contributed by atoms with Crippen LogP contribution in [0.15, 0.2) is 12.1 Å². The van der Waals surface area contributed by atoms with E-state index in [0.29, 0.717) is 5.82 Å². The van der Waals surface area contributed by atoms with Gasteiger partial charge in [-0.3, -0.25) is 14.9 Å². The van der Waals surface area contributed by atoms with Crippen molar-refractivity contribution in [1.82, 2.24) is 10.3 Å². The first-order chi connectivity index (χ1) is 9.23. The molecule has 0 spiro atoms. The molecule has 0 saturated carbocycles. The van der Waals surface area contributed by atoms with Crippen LogP contribution in [0.5, 0.6) is 0 Å². The van der Waals surface area contributed by atoms with Crippen LogP contribution in [0.1, 0.15) is 20.8 Å². The number of rotatable bonds is 5. The highest BCUT2D eigenvalue weighted by molar-refractivity contribution is 5.81. The predicted molar refractivity (Wildman–Crippen MR) is 76.8 cm³/mol. The third kappa shape index (κ3) is 4.71. The zero-order valence-electron chi connectivity index (χ0n) is 12.0. The highest BCUT2D eigenvalue weighted by atomic mass is 16.6. The minimum atomic E-state index is -0.545. The number of nitro groups is 1. The quantitative estimate of drug-likeness (QED) is 0.555. The summed E-state index contributed by atoms with van der Waals surface area (Å²) in [5.74, 6) is 0.281. The normalized spacial score (nSPS) is 10.8. The summed E-state index contributed by atoms with van der Waals surface area (Å²) < 4.78 is 0. The average molecular weight is 281 g/mol. The number of aromatic nitrogens is 1. The van der Waals surface area contributed by atoms with Gasteiger partial charge in [0.05, 0.1) is 11.5 Å². The molecule has 0 radical (unpaired) electrons. The summed E-state index contributed by atoms with van der Waals surface area (Å²) in [6, 6.07) is 2.83. The van der Waals surface area contributed by atoms with Gasteiger partial charge in [0, 0.05) is 18.7 Å². The number of carbonyl (C=O) groups excluding carboxylic acids is 1. The first-order valence-corrected chi connectivity index (χ1v) is 6.11. The summed E-state index contributed by atoms with van der Waals surface area (Å²) in [6.07, 6.45) is 0. The van der Waals surface area contributed by atoms with Crippen LogP contribution in [0.3, 0.4) is 0 Å². The molecule has 8 nitrogen and oxygen atoms in total. The van der Waals surface area contributed by atoms with Crippen molar-refractivity contribution < 1.29 is 9.72 Å². The first kappa shape index (κ1) is 15.7. The number of nitrogens with zero attached hydrogens (tertiary/aromatic N) is 2. The van der Waals surface area contributed by atoms with Gasteiger partial charge in [-0.05, 0) is 26.8 Å². The zero-order valence-corrected chi connectivity index (χ0v) is 12.0. The Bertz CT molecular complexity index is 510. The monoisotopic (exact) mass is 281 g/mol. The second-order valence-electron chi connectivity index (χ2n) is 5.22. The maximum atomic E-state index is 11.7. The molecule has 0 saturated heterocycles. The van der Waals surface area contributed by atoms with E-state index in [4.69, 9.17) is 0 Å². The maximum absolute atomic E-state index is 11.7. The van der Waals surface area contributed by atoms with E-state index in [1.54, 1.807) is 7.05 Å². The Morgan fingerprint density at radius 2 is 2.05 bits per heavy atom. The Hall–Kier alpha value is -2.38. The van der Waals surface area contributed by atoms with E-state index in [-0.39, 0.29) is 29.5 Å². The predicted octanol–water partition coefficient (Wildman–Crippen LogP) is 1.36. The molecule has 0 atom stereocenters. The number of hydrogen-bond acceptors (Lipinski definition) is 6. The molecule has 1 heterocycles. The minimum Gasteiger partial charge on any atom is -0.373 e. The van der Waals surface area contributed by atoms with Crippen LogP contribution < -0.4 is 16.0 Å². The lowest BCUT2D eigenvalue weighted by atomic mass is 10.1. The van der Waals surface area contributed by atoms with Crippen LogP contribution in [-0.2, 0) is 4.79 Å². The zero-order chi connectivity index (χ0) is 15.3. The van der Waals surface area contributed by atoms with Gasteiger partial charge in [-0.15, -0.1) is 0 Å². The highest BCUT2D eigenvalue weighted by Crippen LogP contribution is 2.23. The van der Waals surface area contributed by atoms with Crippen molar-refractivity contribution >= 4 is 23.2 Å². The van der Waals surface area contributed by atoms with Crippen molar-refractivity contribution in [2.75, 3.05) is 24.2 Å². The van der Waals surface area contributed by atoms with Crippen LogP contribution in [0.2, 0.25) is 0 Å². The third-order valence-electron chi connectivity index (χ3n) is 2.26. The lowest BCUT2D eigenvalue weighted by Crippen LogP contribution is -2.43. The van der Waals surface area contributed by atoms with Crippen molar-refractivity contribution in [2.24, 2.45) is 0 Å². The van der Waals surface area contributed by atoms with E-state index in [9.17, 15) is 14.9 Å². The molecule has 0 aliphatic carbocycles. The summed E-state index contributed by atoms with van der Waals surface area (Å²) in [6.45, 7) is 5.48. The van der Waals surface area contributed by atoms with Gasteiger partial charge < -0.3 is 16.0 Å². The fourth-order valence-electron chi connectivity index (χ4n) is 1.49. The molecule has 110 valence electrons. The first-order valence-electron chi connectivity index (χ1n) is 6.11. The Morgan fingerprint density at radius 3 is 2.55 bits per heavy atom. The summed E-state index contributed by atoms with van der Waals surface area (Å²) in [4.78, 5) is 26.1. The summed E-state index contributed by atoms with van der Waals surface area (Å²) >= 11 is 0. The standard InChI is InChI=1S/C12H19N5O3/c1-12(2,3)16-10(18)7-14-11-8(17(19)20)5-6-9(13-4)15-11/h5-6H,7H2,1-4H3,(H,16,18)(H2,13,14,15). The topological polar surface area (TPSA) is 109 Å². The van der Waals surface area contributed by atoms with Crippen molar-refractivity contribution in [3.05, 3.63) is 22.2 Å². The van der Waals surface area contributed by atoms with E-state index >= 15 is 0 Å². The van der Waals surface area contributed by atoms with E-state index in [2.05, 4.69) is 20.9 Å². The second-order valence-corrected chi connectivity index (χ2v) is 5.22. The number of nitrogens with one attached hydrogen (secondary N) is 3. The summed E-state index contributed by atoms with van der Waals surface area (Å²) in [7, 11) is 1.66. The molecule has 0 aliphatic rings. The summed E-state index contributed by atoms with van der Waals surface area (Å²) in [5, 5.41) is 19.1. The molecule has 1 aromatic heterocycles. The maximum Gasteiger partial charge on any atom is 0.311 e. The van der Waals surface area contributed by atoms with Crippen molar-refractivity contribution in [1.29, 1.82) is 0 Å². The number of hydrogen-bond donors (Lipinski definition) is 3. The van der Waals surface area contributed by atoms with E-state index in [0.717, 1.165) is 0 Å². The molecule has 1 aromatic rings. The fourth-order valence-corrected chi connectivity index (χ4v) is 1.49. The van der Waals surface area contributed by atoms with Gasteiger partial charge in [-0.25, -0.2) is 4.98 Å². The van der Waals surface area contributed by atoms with Crippen LogP contribution in [-0.4, -0.2) is 34.9 Å². The third-order valence-corrected chi connectivity index (χ3v) is 2.26. The van der Waals surface area contributed by atoms with Gasteiger partial charge in [-0.1, -0.05) is 0 Å². The smallest absolute Gasteiger partial charge is 0.311 e. The Balaban J connectivity index is 2.80. The second kappa shape index (κ2) is 6.18. The average Bonchev–Trinajstić information content (AvgIpc) is 2.33. The van der Waals surface area contributed by atoms with Crippen molar-refractivity contribution in [3.8, 4) is 0 Å². The molecule has 0 bridgehead atoms. The van der Waals surface area contributed by atoms with E-state index in [1.165, 1.54) is 12.1 Å². The number of carbonyl (C=O) groups is 1. The van der Waals surface area contributed by atoms with Crippen LogP contribution >= 0.6 is 0 Å². The number of pyridine rings is 1. The molecule has 3 N–H and O–H groups in total. The van der Waals surface area contributed by atoms with E-state index in [1.807, 2.05) is 20.8 Å². The lowest BCUT2D eigenvalue weighted by molar-refractivity contribution is -0.384. The highest BCUT2D eigenvalue weighted by Gasteiger charge is 2.18. The summed E-state index contributed by atoms with van der Waals surface area (Å²) in [5.41, 5.74) is -0.530. The molecule has 0 fully saturated rings. The van der Waals surface area contributed by atoms with Gasteiger partial charge in [-0.2, -0.15) is 0 Å². The van der Waals surface area contributed by atoms with Crippen LogP contribution in [0.4, 0.5) is 17.3 Å². The van der Waals surface area contributed by atoms with Crippen LogP contribution in [0.25, 0.3) is 0 Å². The Kier molecular flexibility index (Phi) is 4.84. The molecular weight excluding hydrogens is 262 g/mol. The molecule has 0 aromatic carbocycles. The Morgan fingerprint density at radius 1 is 1.40 bits per heavy atom. The van der Waals surface area contributed by atoms with Gasteiger partial charge in [0.2, 0.25) is 11.7 Å². The molecular formula is C12H19N5O3. The minimum absolute atomic E-state index is 0.0610. The van der Waals surface area contributed by atoms with Crippen LogP contribution in [0, 0.1) is 10.1 Å². The number of anilines is 2. The molecule has 0 unspecified atom stereocenters. The molecule has 20 heavy (non-hydrogen) atoms. The Labute approximate surface area is 117 Å². The van der Waals surface area contributed by atoms with Gasteiger partial charge >= 0.3 is 5.69 Å². The number of amides is 1. The van der Waals surface area contributed by atoms with Gasteiger partial charge in [0.15, 0.2) is 0 Å². The molecule has 1 amide bonds. The van der Waals surface area contributed by atoms with Gasteiger partial charge in [0.1, 0.15) is 5.82 Å². The molecule has 0 aliphatic heterocycles. The van der Waals surface area contributed by atoms with Crippen molar-refractivity contribution in [3.63, 3.8) is 0 Å². The largest absolute Gasteiger partial charge is 0.373 e. The molecule has 8 heteroatoms. The van der Waals surface area contributed by atoms with E-state index < -0.39 is 4.92 Å². The van der Waals surface area contributed by atoms with Gasteiger partial charge in [0.25, 0.3) is 0 Å². The lowest BCUT2D eigenvalue weighted by Gasteiger charge is -2.20. The fraction of sp³-hybridized carbons (Fsp3) is 0.500. The van der Waals surface area contributed by atoms with Crippen molar-refractivity contribution in [2.45, 2.75) is 26.3 Å². The SMILES string of the molecule is CNc1ccc([N+](=O)[O-])c(NCC(=O)NC(C)(C)C)n1.